The Hall–Kier alpha value is -2.59. The number of halogens is 1. The number of rotatable bonds is 10. The number of methoxy groups -OCH3 is 1. The number of hydrogen-bond acceptors (Lipinski definition) is 6. The number of carbonyl (C=O) groups is 1. The van der Waals surface area contributed by atoms with Crippen molar-refractivity contribution in [3.8, 4) is 5.75 Å². The molecule has 0 aromatic heterocycles. The van der Waals surface area contributed by atoms with Crippen LogP contribution in [0.2, 0.25) is 5.02 Å². The van der Waals surface area contributed by atoms with Gasteiger partial charge in [0.1, 0.15) is 5.75 Å². The summed E-state index contributed by atoms with van der Waals surface area (Å²) in [5.41, 5.74) is 4.44. The van der Waals surface area contributed by atoms with Crippen LogP contribution in [0.25, 0.3) is 0 Å². The zero-order valence-electron chi connectivity index (χ0n) is 26.1. The molecule has 0 bridgehead atoms. The monoisotopic (exact) mass is 644 g/mol. The van der Waals surface area contributed by atoms with Crippen LogP contribution in [0, 0.1) is 23.7 Å². The Kier molecular flexibility index (Phi) is 9.71. The number of carboxylic acids is 1. The Morgan fingerprint density at radius 1 is 1.25 bits per heavy atom. The summed E-state index contributed by atoms with van der Waals surface area (Å²) >= 11 is 6.40. The van der Waals surface area contributed by atoms with E-state index in [1.807, 2.05) is 19.9 Å². The topological polar surface area (TPSA) is 119 Å². The number of ether oxygens (including phenoxy) is 2. The van der Waals surface area contributed by atoms with Gasteiger partial charge in [-0.05, 0) is 110 Å². The van der Waals surface area contributed by atoms with Crippen molar-refractivity contribution < 1.29 is 27.8 Å². The second kappa shape index (κ2) is 13.0. The Balaban J connectivity index is 1.44. The molecule has 0 radical (unpaired) electrons. The SMILES string of the molecule is CO[C@@H](/C(C)=C/C(C)[C@H](C)CS(N)(=O)=O)[C@@H]1CC[C@H]1CN1C[C@@]2(CCCc3cc(Cl)ccc32)COc2ccc(C(=O)O)cc21. The number of carboxylic acid groups (broad SMARTS) is 1. The number of fused-ring (bicyclic) bond motifs is 3. The second-order valence-corrected chi connectivity index (χ2v) is 15.4. The van der Waals surface area contributed by atoms with Crippen LogP contribution in [0.4, 0.5) is 5.69 Å². The lowest BCUT2D eigenvalue weighted by Gasteiger charge is -2.46. The third kappa shape index (κ3) is 6.96. The zero-order valence-corrected chi connectivity index (χ0v) is 27.7. The van der Waals surface area contributed by atoms with E-state index in [4.69, 9.17) is 26.2 Å². The summed E-state index contributed by atoms with van der Waals surface area (Å²) in [6.07, 6.45) is 7.08. The first-order chi connectivity index (χ1) is 20.8. The molecule has 0 amide bonds. The van der Waals surface area contributed by atoms with Gasteiger partial charge in [-0.15, -0.1) is 0 Å². The van der Waals surface area contributed by atoms with E-state index < -0.39 is 16.0 Å². The van der Waals surface area contributed by atoms with E-state index in [2.05, 4.69) is 30.0 Å². The molecule has 1 heterocycles. The maximum absolute atomic E-state index is 12.0. The number of aryl methyl sites for hydroxylation is 1. The predicted molar refractivity (Wildman–Crippen MR) is 174 cm³/mol. The molecule has 1 saturated carbocycles. The van der Waals surface area contributed by atoms with Crippen LogP contribution in [0.15, 0.2) is 48.0 Å². The molecule has 8 nitrogen and oxygen atoms in total. The smallest absolute Gasteiger partial charge is 0.335 e. The summed E-state index contributed by atoms with van der Waals surface area (Å²) in [6, 6.07) is 11.4. The van der Waals surface area contributed by atoms with E-state index in [9.17, 15) is 18.3 Å². The van der Waals surface area contributed by atoms with Crippen molar-refractivity contribution in [3.63, 3.8) is 0 Å². The van der Waals surface area contributed by atoms with Crippen LogP contribution in [-0.4, -0.2) is 58.2 Å². The van der Waals surface area contributed by atoms with Crippen molar-refractivity contribution in [2.75, 3.05) is 37.5 Å². The molecule has 3 aliphatic rings. The van der Waals surface area contributed by atoms with Crippen molar-refractivity contribution in [1.82, 2.24) is 0 Å². The minimum Gasteiger partial charge on any atom is -0.490 e. The standard InChI is InChI=1S/C34H45ClN2O6S/c1-21(23(3)18-44(36,40)41)14-22(2)32(42-4)28-10-7-26(28)17-37-19-34(13-5-6-24-15-27(35)9-11-29(24)34)20-43-31-12-8-25(33(38)39)16-30(31)37/h8-9,11-12,14-16,21,23,26,28,32H,5-7,10,13,17-20H2,1-4H3,(H,38,39)(H2,36,40,41)/b22-14+/t21?,23-,26+,28-,32+,34+/m1/s1. The number of allylic oxidation sites excluding steroid dienone is 1. The fourth-order valence-corrected chi connectivity index (χ4v) is 8.87. The van der Waals surface area contributed by atoms with E-state index in [1.165, 1.54) is 11.1 Å². The van der Waals surface area contributed by atoms with Crippen LogP contribution >= 0.6 is 11.6 Å². The number of nitrogens with zero attached hydrogens (tertiary/aromatic N) is 1. The summed E-state index contributed by atoms with van der Waals surface area (Å²) < 4.78 is 35.9. The molecule has 2 aliphatic carbocycles. The van der Waals surface area contributed by atoms with Gasteiger partial charge in [0, 0.05) is 30.6 Å². The van der Waals surface area contributed by atoms with Gasteiger partial charge in [-0.25, -0.2) is 18.4 Å². The van der Waals surface area contributed by atoms with Crippen molar-refractivity contribution >= 4 is 33.3 Å². The summed E-state index contributed by atoms with van der Waals surface area (Å²) in [5, 5.41) is 15.9. The van der Waals surface area contributed by atoms with Gasteiger partial charge in [-0.3, -0.25) is 0 Å². The van der Waals surface area contributed by atoms with Gasteiger partial charge in [0.2, 0.25) is 10.0 Å². The Labute approximate surface area is 266 Å². The van der Waals surface area contributed by atoms with Crippen molar-refractivity contribution in [3.05, 3.63) is 69.8 Å². The highest BCUT2D eigenvalue weighted by Gasteiger charge is 2.45. The van der Waals surface area contributed by atoms with E-state index in [1.54, 1.807) is 25.3 Å². The van der Waals surface area contributed by atoms with Gasteiger partial charge in [-0.1, -0.05) is 37.6 Å². The molecule has 1 aliphatic heterocycles. The van der Waals surface area contributed by atoms with Gasteiger partial charge in [0.05, 0.1) is 29.7 Å². The summed E-state index contributed by atoms with van der Waals surface area (Å²) in [4.78, 5) is 14.4. The maximum atomic E-state index is 12.0. The zero-order chi connectivity index (χ0) is 31.8. The average Bonchev–Trinajstić information content (AvgIpc) is 3.09. The molecular formula is C34H45ClN2O6S. The molecule has 0 saturated heterocycles. The highest BCUT2D eigenvalue weighted by atomic mass is 35.5. The number of anilines is 1. The van der Waals surface area contributed by atoms with Crippen LogP contribution in [-0.2, 0) is 26.6 Å². The Morgan fingerprint density at radius 3 is 2.68 bits per heavy atom. The first-order valence-corrected chi connectivity index (χ1v) is 17.6. The Bertz CT molecular complexity index is 1530. The molecule has 3 N–H and O–H groups in total. The fraction of sp³-hybridized carbons (Fsp3) is 0.559. The van der Waals surface area contributed by atoms with E-state index in [0.29, 0.717) is 18.3 Å². The lowest BCUT2D eigenvalue weighted by Crippen LogP contribution is -2.50. The molecule has 10 heteroatoms. The fourth-order valence-electron chi connectivity index (χ4n) is 7.64. The summed E-state index contributed by atoms with van der Waals surface area (Å²) in [7, 11) is -1.81. The van der Waals surface area contributed by atoms with Gasteiger partial charge in [0.15, 0.2) is 0 Å². The van der Waals surface area contributed by atoms with Gasteiger partial charge < -0.3 is 19.5 Å². The number of hydrogen-bond donors (Lipinski definition) is 2. The number of sulfonamides is 1. The van der Waals surface area contributed by atoms with E-state index in [0.717, 1.165) is 61.5 Å². The largest absolute Gasteiger partial charge is 0.490 e. The Morgan fingerprint density at radius 2 is 2.02 bits per heavy atom. The lowest BCUT2D eigenvalue weighted by atomic mass is 9.67. The summed E-state index contributed by atoms with van der Waals surface area (Å²) in [6.45, 7) is 7.98. The number of benzene rings is 2. The molecule has 1 fully saturated rings. The van der Waals surface area contributed by atoms with Gasteiger partial charge in [-0.2, -0.15) is 0 Å². The first kappa shape index (κ1) is 32.8. The molecule has 240 valence electrons. The number of primary sulfonamides is 1. The maximum Gasteiger partial charge on any atom is 0.335 e. The minimum absolute atomic E-state index is 0.0216. The predicted octanol–water partition coefficient (Wildman–Crippen LogP) is 6.06. The minimum atomic E-state index is -3.55. The highest BCUT2D eigenvalue weighted by molar-refractivity contribution is 7.89. The third-order valence-corrected chi connectivity index (χ3v) is 11.5. The molecule has 6 atom stereocenters. The highest BCUT2D eigenvalue weighted by Crippen LogP contribution is 2.47. The molecule has 2 aromatic carbocycles. The van der Waals surface area contributed by atoms with Gasteiger partial charge >= 0.3 is 5.97 Å². The summed E-state index contributed by atoms with van der Waals surface area (Å²) in [5.74, 6) is 0.195. The number of nitrogens with two attached hydrogens (primary N) is 1. The van der Waals surface area contributed by atoms with E-state index in [-0.39, 0.29) is 40.6 Å². The van der Waals surface area contributed by atoms with Crippen molar-refractivity contribution in [2.45, 2.75) is 64.4 Å². The molecule has 1 spiro atoms. The van der Waals surface area contributed by atoms with Crippen LogP contribution in [0.5, 0.6) is 5.75 Å². The van der Waals surface area contributed by atoms with Gasteiger partial charge in [0.25, 0.3) is 0 Å². The lowest BCUT2D eigenvalue weighted by molar-refractivity contribution is 0.00594. The quantitative estimate of drug-likeness (QED) is 0.302. The molecule has 2 aromatic rings. The second-order valence-electron chi connectivity index (χ2n) is 13.3. The van der Waals surface area contributed by atoms with Crippen LogP contribution < -0.4 is 14.8 Å². The molecule has 5 rings (SSSR count). The van der Waals surface area contributed by atoms with Crippen LogP contribution in [0.1, 0.15) is 67.9 Å². The molecular weight excluding hydrogens is 600 g/mol. The first-order valence-electron chi connectivity index (χ1n) is 15.6. The van der Waals surface area contributed by atoms with Crippen LogP contribution in [0.3, 0.4) is 0 Å². The molecule has 1 unspecified atom stereocenters. The third-order valence-electron chi connectivity index (χ3n) is 10.2. The van der Waals surface area contributed by atoms with Crippen molar-refractivity contribution in [2.24, 2.45) is 28.8 Å². The van der Waals surface area contributed by atoms with Crippen molar-refractivity contribution in [1.29, 1.82) is 0 Å². The molecule has 44 heavy (non-hydrogen) atoms. The number of aromatic carboxylic acids is 1. The normalized spacial score (nSPS) is 25.6. The van der Waals surface area contributed by atoms with E-state index >= 15 is 0 Å². The average molecular weight is 645 g/mol.